The Bertz CT molecular complexity index is 406. The maximum atomic E-state index is 12.4. The number of amides is 1. The quantitative estimate of drug-likeness (QED) is 0.891. The molecule has 0 saturated heterocycles. The van der Waals surface area contributed by atoms with Gasteiger partial charge in [0, 0.05) is 11.9 Å². The maximum Gasteiger partial charge on any atom is 0.391 e. The molecule has 0 aliphatic heterocycles. The van der Waals surface area contributed by atoms with Gasteiger partial charge in [0.25, 0.3) is 0 Å². The van der Waals surface area contributed by atoms with E-state index in [1.807, 2.05) is 0 Å². The largest absolute Gasteiger partial charge is 0.391 e. The van der Waals surface area contributed by atoms with E-state index in [1.54, 1.807) is 12.1 Å². The lowest BCUT2D eigenvalue weighted by Crippen LogP contribution is -2.30. The normalized spacial score (nSPS) is 13.2. The van der Waals surface area contributed by atoms with Crippen molar-refractivity contribution in [3.05, 3.63) is 34.9 Å². The molecule has 0 aliphatic carbocycles. The molecule has 1 aromatic rings. The second-order valence-electron chi connectivity index (χ2n) is 3.63. The number of alkyl halides is 3. The van der Waals surface area contributed by atoms with Crippen LogP contribution in [0.4, 0.5) is 13.2 Å². The highest BCUT2D eigenvalue weighted by Gasteiger charge is 2.33. The van der Waals surface area contributed by atoms with Gasteiger partial charge in [-0.25, -0.2) is 0 Å². The van der Waals surface area contributed by atoms with Crippen LogP contribution < -0.4 is 5.32 Å². The molecule has 17 heavy (non-hydrogen) atoms. The van der Waals surface area contributed by atoms with Crippen LogP contribution in [0.5, 0.6) is 0 Å². The molecule has 0 radical (unpaired) electrons. The summed E-state index contributed by atoms with van der Waals surface area (Å²) in [5.74, 6) is -0.515. The number of halogens is 4. The van der Waals surface area contributed by atoms with Crippen molar-refractivity contribution in [2.45, 2.75) is 25.6 Å². The van der Waals surface area contributed by atoms with Crippen LogP contribution in [-0.4, -0.2) is 12.1 Å². The van der Waals surface area contributed by atoms with Gasteiger partial charge in [-0.05, 0) is 17.7 Å². The smallest absolute Gasteiger partial charge is 0.349 e. The average molecular weight is 266 g/mol. The van der Waals surface area contributed by atoms with Gasteiger partial charge in [0.1, 0.15) is 0 Å². The predicted molar refractivity (Wildman–Crippen MR) is 58.7 cm³/mol. The van der Waals surface area contributed by atoms with E-state index in [0.717, 1.165) is 0 Å². The summed E-state index contributed by atoms with van der Waals surface area (Å²) >= 11 is 5.70. The number of hydrogen-bond acceptors (Lipinski definition) is 1. The van der Waals surface area contributed by atoms with Crippen molar-refractivity contribution in [3.8, 4) is 0 Å². The van der Waals surface area contributed by atoms with Gasteiger partial charge < -0.3 is 5.32 Å². The van der Waals surface area contributed by atoms with Gasteiger partial charge in [0.05, 0.1) is 12.5 Å². The van der Waals surface area contributed by atoms with Crippen molar-refractivity contribution in [1.29, 1.82) is 0 Å². The van der Waals surface area contributed by atoms with E-state index < -0.39 is 24.5 Å². The van der Waals surface area contributed by atoms with Gasteiger partial charge in [-0.2, -0.15) is 13.2 Å². The molecular weight excluding hydrogens is 255 g/mol. The topological polar surface area (TPSA) is 29.1 Å². The third kappa shape index (κ3) is 5.08. The molecule has 0 fully saturated rings. The molecule has 0 bridgehead atoms. The number of benzene rings is 1. The Morgan fingerprint density at radius 3 is 2.59 bits per heavy atom. The Labute approximate surface area is 102 Å². The summed E-state index contributed by atoms with van der Waals surface area (Å²) in [6, 6.07) is 4.91. The zero-order valence-corrected chi connectivity index (χ0v) is 9.77. The molecule has 1 N–H and O–H groups in total. The zero-order chi connectivity index (χ0) is 13.1. The lowest BCUT2D eigenvalue weighted by Gasteiger charge is -2.20. The van der Waals surface area contributed by atoms with Crippen molar-refractivity contribution < 1.29 is 18.0 Å². The second-order valence-corrected chi connectivity index (χ2v) is 4.06. The first kappa shape index (κ1) is 13.8. The molecule has 0 spiro atoms. The number of rotatable bonds is 3. The van der Waals surface area contributed by atoms with Crippen LogP contribution in [0.1, 0.15) is 24.9 Å². The highest BCUT2D eigenvalue weighted by atomic mass is 35.5. The molecule has 2 nitrogen and oxygen atoms in total. The molecule has 94 valence electrons. The van der Waals surface area contributed by atoms with Crippen LogP contribution in [0.2, 0.25) is 5.02 Å². The Morgan fingerprint density at radius 1 is 1.47 bits per heavy atom. The summed E-state index contributed by atoms with van der Waals surface area (Å²) < 4.78 is 37.1. The molecule has 1 amide bonds. The monoisotopic (exact) mass is 265 g/mol. The van der Waals surface area contributed by atoms with E-state index in [1.165, 1.54) is 19.1 Å². The molecule has 0 saturated carbocycles. The molecular formula is C11H11ClF3NO. The lowest BCUT2D eigenvalue weighted by molar-refractivity contribution is -0.142. The highest BCUT2D eigenvalue weighted by Crippen LogP contribution is 2.30. The van der Waals surface area contributed by atoms with Crippen molar-refractivity contribution in [2.24, 2.45) is 0 Å². The van der Waals surface area contributed by atoms with Crippen molar-refractivity contribution in [1.82, 2.24) is 5.32 Å². The Balaban J connectivity index is 2.93. The summed E-state index contributed by atoms with van der Waals surface area (Å²) in [4.78, 5) is 10.9. The predicted octanol–water partition coefficient (Wildman–Crippen LogP) is 3.47. The summed E-state index contributed by atoms with van der Waals surface area (Å²) in [6.07, 6.45) is -5.47. The minimum atomic E-state index is -4.35. The van der Waals surface area contributed by atoms with Gasteiger partial charge in [-0.15, -0.1) is 0 Å². The van der Waals surface area contributed by atoms with Crippen molar-refractivity contribution in [3.63, 3.8) is 0 Å². The summed E-state index contributed by atoms with van der Waals surface area (Å²) in [5.41, 5.74) is 0.338. The standard InChI is InChI=1S/C11H11ClF3NO/c1-7(17)16-10(6-11(13,14)15)8-3-2-4-9(12)5-8/h2-5,10H,6H2,1H3,(H,16,17). The molecule has 6 heteroatoms. The molecule has 1 rings (SSSR count). The third-order valence-electron chi connectivity index (χ3n) is 2.06. The van der Waals surface area contributed by atoms with Gasteiger partial charge in [0.15, 0.2) is 0 Å². The van der Waals surface area contributed by atoms with E-state index in [-0.39, 0.29) is 0 Å². The molecule has 1 unspecified atom stereocenters. The fourth-order valence-electron chi connectivity index (χ4n) is 1.45. The van der Waals surface area contributed by atoms with Crippen LogP contribution in [0, 0.1) is 0 Å². The second kappa shape index (κ2) is 5.40. The fraction of sp³-hybridized carbons (Fsp3) is 0.364. The van der Waals surface area contributed by atoms with Gasteiger partial charge >= 0.3 is 6.18 Å². The van der Waals surface area contributed by atoms with E-state index in [4.69, 9.17) is 11.6 Å². The molecule has 1 aromatic carbocycles. The molecule has 0 aromatic heterocycles. The first-order valence-electron chi connectivity index (χ1n) is 4.87. The Morgan fingerprint density at radius 2 is 2.12 bits per heavy atom. The first-order chi connectivity index (χ1) is 7.78. The van der Waals surface area contributed by atoms with E-state index in [0.29, 0.717) is 10.6 Å². The minimum absolute atomic E-state index is 0.333. The maximum absolute atomic E-state index is 12.4. The number of carbonyl (C=O) groups is 1. The van der Waals surface area contributed by atoms with Crippen LogP contribution in [0.3, 0.4) is 0 Å². The van der Waals surface area contributed by atoms with Crippen LogP contribution in [0.15, 0.2) is 24.3 Å². The molecule has 0 heterocycles. The van der Waals surface area contributed by atoms with E-state index >= 15 is 0 Å². The first-order valence-corrected chi connectivity index (χ1v) is 5.25. The van der Waals surface area contributed by atoms with Gasteiger partial charge in [-0.3, -0.25) is 4.79 Å². The zero-order valence-electron chi connectivity index (χ0n) is 9.01. The Hall–Kier alpha value is -1.23. The number of nitrogens with one attached hydrogen (secondary N) is 1. The van der Waals surface area contributed by atoms with Crippen molar-refractivity contribution >= 4 is 17.5 Å². The van der Waals surface area contributed by atoms with Gasteiger partial charge in [-0.1, -0.05) is 23.7 Å². The molecule has 1 atom stereocenters. The van der Waals surface area contributed by atoms with E-state index in [9.17, 15) is 18.0 Å². The van der Waals surface area contributed by atoms with Crippen molar-refractivity contribution in [2.75, 3.05) is 0 Å². The number of carbonyl (C=O) groups excluding carboxylic acids is 1. The molecule has 0 aliphatic rings. The van der Waals surface area contributed by atoms with E-state index in [2.05, 4.69) is 5.32 Å². The summed E-state index contributed by atoms with van der Waals surface area (Å²) in [5, 5.41) is 2.60. The minimum Gasteiger partial charge on any atom is -0.349 e. The van der Waals surface area contributed by atoms with Gasteiger partial charge in [0.2, 0.25) is 5.91 Å². The SMILES string of the molecule is CC(=O)NC(CC(F)(F)F)c1cccc(Cl)c1. The lowest BCUT2D eigenvalue weighted by atomic mass is 10.0. The highest BCUT2D eigenvalue weighted by molar-refractivity contribution is 6.30. The van der Waals surface area contributed by atoms with Crippen LogP contribution in [0.25, 0.3) is 0 Å². The van der Waals surface area contributed by atoms with Crippen LogP contribution >= 0.6 is 11.6 Å². The average Bonchev–Trinajstić information content (AvgIpc) is 2.13. The summed E-state index contributed by atoms with van der Waals surface area (Å²) in [7, 11) is 0. The number of hydrogen-bond donors (Lipinski definition) is 1. The Kier molecular flexibility index (Phi) is 4.40. The van der Waals surface area contributed by atoms with Crippen LogP contribution in [-0.2, 0) is 4.79 Å². The summed E-state index contributed by atoms with van der Waals surface area (Å²) in [6.45, 7) is 1.17. The fourth-order valence-corrected chi connectivity index (χ4v) is 1.65. The third-order valence-corrected chi connectivity index (χ3v) is 2.30.